The normalized spacial score (nSPS) is 18.8. The van der Waals surface area contributed by atoms with E-state index in [0.29, 0.717) is 18.7 Å². The molecule has 0 aliphatic carbocycles. The zero-order valence-corrected chi connectivity index (χ0v) is 15.2. The van der Waals surface area contributed by atoms with Gasteiger partial charge >= 0.3 is 0 Å². The van der Waals surface area contributed by atoms with Crippen LogP contribution in [0.15, 0.2) is 24.3 Å². The van der Waals surface area contributed by atoms with E-state index < -0.39 is 0 Å². The number of rotatable bonds is 5. The quantitative estimate of drug-likeness (QED) is 0.829. The van der Waals surface area contributed by atoms with E-state index in [-0.39, 0.29) is 23.6 Å². The maximum atomic E-state index is 12.3. The fourth-order valence-corrected chi connectivity index (χ4v) is 3.63. The second kappa shape index (κ2) is 8.31. The van der Waals surface area contributed by atoms with E-state index in [0.717, 1.165) is 44.6 Å². The highest BCUT2D eigenvalue weighted by Crippen LogP contribution is 2.24. The third kappa shape index (κ3) is 4.40. The smallest absolute Gasteiger partial charge is 0.238 e. The fraction of sp³-hybridized carbons (Fsp3) is 0.526. The molecule has 0 aromatic heterocycles. The standard InChI is InChI=1S/C19H26N4O3/c1-20-19(26)14-7-10-22(11-8-14)13-17(24)21-15-4-2-5-16(12-15)23-9-3-6-18(23)25/h2,4-5,12,14H,3,6-11,13H2,1H3,(H,20,26)(H,21,24). The lowest BCUT2D eigenvalue weighted by molar-refractivity contribution is -0.126. The summed E-state index contributed by atoms with van der Waals surface area (Å²) in [7, 11) is 1.66. The average Bonchev–Trinajstić information content (AvgIpc) is 3.08. The zero-order valence-electron chi connectivity index (χ0n) is 15.2. The van der Waals surface area contributed by atoms with Gasteiger partial charge in [-0.05, 0) is 50.6 Å². The molecule has 2 heterocycles. The Bertz CT molecular complexity index is 683. The molecule has 7 heteroatoms. The number of piperidine rings is 1. The van der Waals surface area contributed by atoms with Crippen LogP contribution < -0.4 is 15.5 Å². The minimum Gasteiger partial charge on any atom is -0.359 e. The van der Waals surface area contributed by atoms with E-state index in [1.54, 1.807) is 11.9 Å². The maximum absolute atomic E-state index is 12.3. The van der Waals surface area contributed by atoms with E-state index in [2.05, 4.69) is 15.5 Å². The van der Waals surface area contributed by atoms with Crippen molar-refractivity contribution in [2.45, 2.75) is 25.7 Å². The van der Waals surface area contributed by atoms with E-state index in [1.165, 1.54) is 0 Å². The van der Waals surface area contributed by atoms with E-state index >= 15 is 0 Å². The minimum absolute atomic E-state index is 0.0500. The van der Waals surface area contributed by atoms with Gasteiger partial charge in [0.15, 0.2) is 0 Å². The molecule has 0 radical (unpaired) electrons. The van der Waals surface area contributed by atoms with Crippen molar-refractivity contribution in [1.29, 1.82) is 0 Å². The van der Waals surface area contributed by atoms with Crippen LogP contribution in [0, 0.1) is 5.92 Å². The van der Waals surface area contributed by atoms with Crippen LogP contribution in [0.5, 0.6) is 0 Å². The lowest BCUT2D eigenvalue weighted by Crippen LogP contribution is -2.42. The molecule has 7 nitrogen and oxygen atoms in total. The van der Waals surface area contributed by atoms with Crippen molar-refractivity contribution >= 4 is 29.1 Å². The highest BCUT2D eigenvalue weighted by atomic mass is 16.2. The second-order valence-electron chi connectivity index (χ2n) is 6.91. The summed E-state index contributed by atoms with van der Waals surface area (Å²) in [6.07, 6.45) is 3.02. The van der Waals surface area contributed by atoms with E-state index in [9.17, 15) is 14.4 Å². The maximum Gasteiger partial charge on any atom is 0.238 e. The van der Waals surface area contributed by atoms with Crippen LogP contribution in [-0.2, 0) is 14.4 Å². The topological polar surface area (TPSA) is 81.8 Å². The van der Waals surface area contributed by atoms with E-state index in [1.807, 2.05) is 24.3 Å². The Hall–Kier alpha value is -2.41. The number of benzene rings is 1. The Balaban J connectivity index is 1.51. The summed E-state index contributed by atoms with van der Waals surface area (Å²) >= 11 is 0. The Morgan fingerprint density at radius 1 is 1.19 bits per heavy atom. The van der Waals surface area contributed by atoms with Crippen molar-refractivity contribution in [3.63, 3.8) is 0 Å². The van der Waals surface area contributed by atoms with Gasteiger partial charge in [-0.15, -0.1) is 0 Å². The number of carbonyl (C=O) groups is 3. The van der Waals surface area contributed by atoms with E-state index in [4.69, 9.17) is 0 Å². The van der Waals surface area contributed by atoms with Gasteiger partial charge in [0.2, 0.25) is 17.7 Å². The van der Waals surface area contributed by atoms with Crippen molar-refractivity contribution in [2.75, 3.05) is 43.4 Å². The van der Waals surface area contributed by atoms with Crippen molar-refractivity contribution in [3.05, 3.63) is 24.3 Å². The summed E-state index contributed by atoms with van der Waals surface area (Å²) in [6.45, 7) is 2.53. The van der Waals surface area contributed by atoms with Gasteiger partial charge in [-0.1, -0.05) is 6.07 Å². The van der Waals surface area contributed by atoms with Crippen LogP contribution in [0.2, 0.25) is 0 Å². The minimum atomic E-state index is -0.0757. The second-order valence-corrected chi connectivity index (χ2v) is 6.91. The molecule has 140 valence electrons. The molecule has 1 aromatic carbocycles. The number of hydrogen-bond donors (Lipinski definition) is 2. The molecule has 2 aliphatic rings. The van der Waals surface area contributed by atoms with Crippen molar-refractivity contribution in [2.24, 2.45) is 5.92 Å². The number of amides is 3. The molecule has 3 rings (SSSR count). The summed E-state index contributed by atoms with van der Waals surface area (Å²) in [4.78, 5) is 39.7. The highest BCUT2D eigenvalue weighted by Gasteiger charge is 2.25. The largest absolute Gasteiger partial charge is 0.359 e. The van der Waals surface area contributed by atoms with Gasteiger partial charge in [-0.2, -0.15) is 0 Å². The first-order chi connectivity index (χ1) is 12.6. The molecule has 2 saturated heterocycles. The summed E-state index contributed by atoms with van der Waals surface area (Å²) in [6, 6.07) is 7.42. The molecule has 0 bridgehead atoms. The van der Waals surface area contributed by atoms with Crippen LogP contribution in [-0.4, -0.2) is 55.8 Å². The zero-order chi connectivity index (χ0) is 18.5. The third-order valence-corrected chi connectivity index (χ3v) is 5.09. The first-order valence-corrected chi connectivity index (χ1v) is 9.21. The van der Waals surface area contributed by atoms with Gasteiger partial charge in [0, 0.05) is 37.3 Å². The van der Waals surface area contributed by atoms with Crippen LogP contribution in [0.3, 0.4) is 0 Å². The Labute approximate surface area is 153 Å². The number of anilines is 2. The third-order valence-electron chi connectivity index (χ3n) is 5.09. The molecule has 0 unspecified atom stereocenters. The Kier molecular flexibility index (Phi) is 5.88. The fourth-order valence-electron chi connectivity index (χ4n) is 3.63. The molecule has 1 aromatic rings. The number of nitrogens with zero attached hydrogens (tertiary/aromatic N) is 2. The average molecular weight is 358 g/mol. The summed E-state index contributed by atoms with van der Waals surface area (Å²) < 4.78 is 0. The first-order valence-electron chi connectivity index (χ1n) is 9.21. The van der Waals surface area contributed by atoms with Crippen LogP contribution in [0.25, 0.3) is 0 Å². The highest BCUT2D eigenvalue weighted by molar-refractivity contribution is 5.97. The van der Waals surface area contributed by atoms with Gasteiger partial charge in [-0.25, -0.2) is 0 Å². The Morgan fingerprint density at radius 3 is 2.62 bits per heavy atom. The molecular formula is C19H26N4O3. The van der Waals surface area contributed by atoms with Crippen LogP contribution in [0.1, 0.15) is 25.7 Å². The number of nitrogens with one attached hydrogen (secondary N) is 2. The molecule has 26 heavy (non-hydrogen) atoms. The summed E-state index contributed by atoms with van der Waals surface area (Å²) in [5.74, 6) is 0.192. The monoisotopic (exact) mass is 358 g/mol. The number of carbonyl (C=O) groups excluding carboxylic acids is 3. The number of hydrogen-bond acceptors (Lipinski definition) is 4. The predicted molar refractivity (Wildman–Crippen MR) is 99.9 cm³/mol. The van der Waals surface area contributed by atoms with Gasteiger partial charge in [0.25, 0.3) is 0 Å². The van der Waals surface area contributed by atoms with Crippen molar-refractivity contribution < 1.29 is 14.4 Å². The SMILES string of the molecule is CNC(=O)C1CCN(CC(=O)Nc2cccc(N3CCCC3=O)c2)CC1. The van der Waals surface area contributed by atoms with Gasteiger partial charge in [0.1, 0.15) is 0 Å². The molecular weight excluding hydrogens is 332 g/mol. The lowest BCUT2D eigenvalue weighted by Gasteiger charge is -2.30. The molecule has 2 fully saturated rings. The summed E-state index contributed by atoms with van der Waals surface area (Å²) in [5, 5.41) is 5.60. The predicted octanol–water partition coefficient (Wildman–Crippen LogP) is 1.21. The Morgan fingerprint density at radius 2 is 1.96 bits per heavy atom. The van der Waals surface area contributed by atoms with Gasteiger partial charge < -0.3 is 15.5 Å². The van der Waals surface area contributed by atoms with Gasteiger partial charge in [0.05, 0.1) is 6.54 Å². The van der Waals surface area contributed by atoms with Crippen molar-refractivity contribution in [1.82, 2.24) is 10.2 Å². The molecule has 0 spiro atoms. The molecule has 0 atom stereocenters. The molecule has 2 N–H and O–H groups in total. The molecule has 0 saturated carbocycles. The molecule has 2 aliphatic heterocycles. The van der Waals surface area contributed by atoms with Gasteiger partial charge in [-0.3, -0.25) is 19.3 Å². The first kappa shape index (κ1) is 18.4. The van der Waals surface area contributed by atoms with Crippen molar-refractivity contribution in [3.8, 4) is 0 Å². The van der Waals surface area contributed by atoms with Crippen LogP contribution >= 0.6 is 0 Å². The molecule has 3 amide bonds. The number of likely N-dealkylation sites (tertiary alicyclic amines) is 1. The lowest BCUT2D eigenvalue weighted by atomic mass is 9.96. The summed E-state index contributed by atoms with van der Waals surface area (Å²) in [5.41, 5.74) is 1.53. The van der Waals surface area contributed by atoms with Crippen LogP contribution in [0.4, 0.5) is 11.4 Å².